The lowest BCUT2D eigenvalue weighted by atomic mass is 9.84. The number of hydrogen-bond donors (Lipinski definition) is 18. The Morgan fingerprint density at radius 1 is 0.353 bits per heavy atom. The molecule has 0 radical (unpaired) electrons. The van der Waals surface area contributed by atoms with Crippen molar-refractivity contribution >= 4 is 19.8 Å². The summed E-state index contributed by atoms with van der Waals surface area (Å²) in [6.07, 6.45) is -24.4. The number of rotatable bonds is 51. The average Bonchev–Trinajstić information content (AvgIpc) is 0.760. The minimum atomic E-state index is -5.81. The molecule has 18 N–H and O–H groups in total. The van der Waals surface area contributed by atoms with Crippen LogP contribution in [0.1, 0.15) is 213 Å². The number of phosphoric acid groups is 1. The fourth-order valence-electron chi connectivity index (χ4n) is 13.1. The van der Waals surface area contributed by atoms with Crippen LogP contribution in [-0.4, -0.2) is 309 Å². The Kier molecular flexibility index (Phi) is 43.2. The summed E-state index contributed by atoms with van der Waals surface area (Å²) in [7, 11) is -5.81. The van der Waals surface area contributed by atoms with Gasteiger partial charge in [-0.3, -0.25) is 18.6 Å². The van der Waals surface area contributed by atoms with Crippen LogP contribution in [0.15, 0.2) is 0 Å². The molecule has 5 fully saturated rings. The maximum Gasteiger partial charge on any atom is 0.472 e. The monoisotopic (exact) mass is 1500 g/mol. The molecule has 0 amide bonds. The van der Waals surface area contributed by atoms with E-state index < -0.39 is 225 Å². The van der Waals surface area contributed by atoms with Gasteiger partial charge in [0.05, 0.1) is 33.0 Å². The smallest absolute Gasteiger partial charge is 0.462 e. The van der Waals surface area contributed by atoms with Gasteiger partial charge < -0.3 is 139 Å². The predicted molar refractivity (Wildman–Crippen MR) is 357 cm³/mol. The lowest BCUT2D eigenvalue weighted by molar-refractivity contribution is -0.365. The fourth-order valence-corrected chi connectivity index (χ4v) is 14.1. The molecule has 600 valence electrons. The first-order chi connectivity index (χ1) is 48.8. The molecule has 1 saturated carbocycles. The van der Waals surface area contributed by atoms with E-state index in [0.717, 1.165) is 64.2 Å². The Bertz CT molecular complexity index is 2290. The van der Waals surface area contributed by atoms with Gasteiger partial charge in [0, 0.05) is 12.8 Å². The van der Waals surface area contributed by atoms with Crippen molar-refractivity contribution in [2.24, 2.45) is 0 Å². The lowest BCUT2D eigenvalue weighted by Crippen LogP contribution is -2.69. The van der Waals surface area contributed by atoms with Gasteiger partial charge in [0.1, 0.15) is 141 Å². The highest BCUT2D eigenvalue weighted by atomic mass is 31.2. The molecule has 4 aliphatic heterocycles. The van der Waals surface area contributed by atoms with Crippen LogP contribution in [0.25, 0.3) is 0 Å². The molecule has 28 atom stereocenters. The Morgan fingerprint density at radius 2 is 0.647 bits per heavy atom. The number of unbranched alkanes of at least 4 members (excludes halogenated alkanes) is 27. The SMILES string of the molecule is CCCCCCCCCCCCCCCCCCC(=O)OC[C@H](COP(=O)(O)O[C@@H]1C(O[C@@H]2OC(CO[C@@H]3OC(CO[C@@H]4OC(CO)[C@H](O)C(O)[C@@H]4O)[C@H](O)C(O)[C@@H]3O)[C@H](O)C(O)[C@@H]2O)C(O)[C@@H](O)C(O)[C@H]1O[C@H]1OC(CO)[C@@H](O)C(O)[C@H]1O)OC(=O)CCCCCCCCCCCCCCC. The number of aliphatic hydroxyl groups is 17. The Morgan fingerprint density at radius 3 is 1.01 bits per heavy atom. The number of carbonyl (C=O) groups is 2. The van der Waals surface area contributed by atoms with Crippen LogP contribution in [0, 0.1) is 0 Å². The van der Waals surface area contributed by atoms with E-state index in [4.69, 9.17) is 56.4 Å². The van der Waals surface area contributed by atoms with Crippen molar-refractivity contribution in [2.45, 2.75) is 378 Å². The molecule has 12 unspecified atom stereocenters. The molecule has 0 aromatic rings. The zero-order valence-corrected chi connectivity index (χ0v) is 60.3. The van der Waals surface area contributed by atoms with Gasteiger partial charge in [0.25, 0.3) is 0 Å². The van der Waals surface area contributed by atoms with Gasteiger partial charge in [0.15, 0.2) is 31.3 Å². The summed E-state index contributed by atoms with van der Waals surface area (Å²) >= 11 is 0. The summed E-state index contributed by atoms with van der Waals surface area (Å²) in [5.74, 6) is -1.44. The zero-order chi connectivity index (χ0) is 74.9. The molecule has 5 rings (SSSR count). The molecule has 1 aliphatic carbocycles. The van der Waals surface area contributed by atoms with Crippen molar-refractivity contribution < 1.29 is 162 Å². The van der Waals surface area contributed by atoms with Crippen molar-refractivity contribution in [3.8, 4) is 0 Å². The summed E-state index contributed by atoms with van der Waals surface area (Å²) < 4.78 is 81.5. The number of hydrogen-bond acceptors (Lipinski definition) is 32. The summed E-state index contributed by atoms with van der Waals surface area (Å²) in [6.45, 7) is -0.883. The van der Waals surface area contributed by atoms with Gasteiger partial charge in [-0.25, -0.2) is 4.57 Å². The number of aliphatic hydroxyl groups excluding tert-OH is 17. The van der Waals surface area contributed by atoms with Crippen molar-refractivity contribution in [3.05, 3.63) is 0 Å². The van der Waals surface area contributed by atoms with Crippen LogP contribution in [-0.2, 0) is 70.6 Å². The van der Waals surface area contributed by atoms with Crippen LogP contribution >= 0.6 is 7.82 Å². The third kappa shape index (κ3) is 29.5. The highest BCUT2D eigenvalue weighted by Gasteiger charge is 2.59. The molecule has 33 nitrogen and oxygen atoms in total. The van der Waals surface area contributed by atoms with Crippen molar-refractivity contribution in [3.63, 3.8) is 0 Å². The van der Waals surface area contributed by atoms with Crippen LogP contribution < -0.4 is 0 Å². The van der Waals surface area contributed by atoms with E-state index in [1.165, 1.54) is 103 Å². The van der Waals surface area contributed by atoms with Crippen LogP contribution in [0.2, 0.25) is 0 Å². The number of carbonyl (C=O) groups excluding carboxylic acids is 2. The second-order valence-electron chi connectivity index (χ2n) is 27.9. The normalized spacial score (nSPS) is 36.2. The maximum absolute atomic E-state index is 14.4. The van der Waals surface area contributed by atoms with Gasteiger partial charge in [0.2, 0.25) is 0 Å². The van der Waals surface area contributed by atoms with Crippen LogP contribution in [0.3, 0.4) is 0 Å². The molecule has 0 aromatic heterocycles. The molecular formula is C68H125O33P. The molecule has 4 heterocycles. The number of ether oxygens (including phenoxy) is 10. The zero-order valence-electron chi connectivity index (χ0n) is 59.4. The molecule has 102 heavy (non-hydrogen) atoms. The molecular weight excluding hydrogens is 1380 g/mol. The minimum absolute atomic E-state index is 0.00203. The third-order valence-electron chi connectivity index (χ3n) is 19.6. The van der Waals surface area contributed by atoms with Crippen molar-refractivity contribution in [1.29, 1.82) is 0 Å². The number of phosphoric ester groups is 1. The van der Waals surface area contributed by atoms with Gasteiger partial charge >= 0.3 is 19.8 Å². The standard InChI is InChI=1S/C68H125O33P/c1-3-5-7-9-11-13-15-17-18-19-21-22-24-26-28-30-32-45(71)90-36-40(94-46(72)33-31-29-27-25-23-20-16-14-12-10-8-6-4-2)37-93-102(88,89)101-64-62(99-67-60(86)52(78)48(74)42(35-70)96-67)56(82)55(81)57(83)63(64)100-68-61(87)54(80)50(76)44(98-68)39-92-66-59(85)53(79)49(75)43(97-66)38-91-65-58(84)51(77)47(73)41(34-69)95-65/h40-44,47-70,73-87H,3-39H2,1-2H3,(H,88,89)/t40-,41?,42?,43?,44?,47+,48-,49+,50+,51?,52?,53?,54?,55+,56?,57?,58+,59+,60-,61+,62-,63?,64+,65-,66-,67-,68+/m1/s1. The summed E-state index contributed by atoms with van der Waals surface area (Å²) in [6, 6.07) is 0. The summed E-state index contributed by atoms with van der Waals surface area (Å²) in [5, 5.41) is 184. The topological polar surface area (TPSA) is 526 Å². The molecule has 5 aliphatic rings. The van der Waals surface area contributed by atoms with Crippen molar-refractivity contribution in [1.82, 2.24) is 0 Å². The summed E-state index contributed by atoms with van der Waals surface area (Å²) in [5.41, 5.74) is 0. The molecule has 0 aromatic carbocycles. The lowest BCUT2D eigenvalue weighted by Gasteiger charge is -2.49. The van der Waals surface area contributed by atoms with Crippen molar-refractivity contribution in [2.75, 3.05) is 39.6 Å². The highest BCUT2D eigenvalue weighted by Crippen LogP contribution is 2.49. The van der Waals surface area contributed by atoms with E-state index in [1.807, 2.05) is 0 Å². The first-order valence-electron chi connectivity index (χ1n) is 37.4. The molecule has 34 heteroatoms. The predicted octanol–water partition coefficient (Wildman–Crippen LogP) is 0.191. The quantitative estimate of drug-likeness (QED) is 0.0220. The van der Waals surface area contributed by atoms with Gasteiger partial charge in [-0.1, -0.05) is 187 Å². The Labute approximate surface area is 598 Å². The molecule has 4 saturated heterocycles. The van der Waals surface area contributed by atoms with Crippen LogP contribution in [0.5, 0.6) is 0 Å². The average molecular weight is 1500 g/mol. The second kappa shape index (κ2) is 48.5. The van der Waals surface area contributed by atoms with Crippen LogP contribution in [0.4, 0.5) is 0 Å². The van der Waals surface area contributed by atoms with E-state index in [9.17, 15) is 106 Å². The maximum atomic E-state index is 14.4. The minimum Gasteiger partial charge on any atom is -0.462 e. The first-order valence-corrected chi connectivity index (χ1v) is 38.9. The summed E-state index contributed by atoms with van der Waals surface area (Å²) in [4.78, 5) is 38.2. The van der Waals surface area contributed by atoms with E-state index in [1.54, 1.807) is 0 Å². The van der Waals surface area contributed by atoms with Gasteiger partial charge in [-0.15, -0.1) is 0 Å². The van der Waals surface area contributed by atoms with Gasteiger partial charge in [-0.05, 0) is 12.8 Å². The van der Waals surface area contributed by atoms with E-state index in [2.05, 4.69) is 13.8 Å². The Balaban J connectivity index is 1.28. The number of esters is 2. The molecule has 0 bridgehead atoms. The highest BCUT2D eigenvalue weighted by molar-refractivity contribution is 7.47. The van der Waals surface area contributed by atoms with Gasteiger partial charge in [-0.2, -0.15) is 0 Å². The van der Waals surface area contributed by atoms with E-state index in [0.29, 0.717) is 19.3 Å². The second-order valence-corrected chi connectivity index (χ2v) is 29.3. The first kappa shape index (κ1) is 90.7. The largest absolute Gasteiger partial charge is 0.472 e. The van der Waals surface area contributed by atoms with E-state index >= 15 is 0 Å². The fraction of sp³-hybridized carbons (Fsp3) is 0.971. The van der Waals surface area contributed by atoms with E-state index in [-0.39, 0.29) is 12.8 Å². The third-order valence-corrected chi connectivity index (χ3v) is 20.6. The molecule has 0 spiro atoms. The Hall–Kier alpha value is -1.95.